The molecule has 3 heteroatoms. The minimum absolute atomic E-state index is 0.0547. The molecule has 2 aliphatic carbocycles. The highest BCUT2D eigenvalue weighted by Crippen LogP contribution is 2.60. The Labute approximate surface area is 108 Å². The maximum Gasteiger partial charge on any atom is 0.178 e. The van der Waals surface area contributed by atoms with Crippen molar-refractivity contribution in [3.63, 3.8) is 0 Å². The summed E-state index contributed by atoms with van der Waals surface area (Å²) in [6.45, 7) is 7.04. The molecule has 0 saturated heterocycles. The van der Waals surface area contributed by atoms with Gasteiger partial charge in [-0.25, -0.2) is 0 Å². The quantitative estimate of drug-likeness (QED) is 0.718. The Morgan fingerprint density at radius 3 is 2.72 bits per heavy atom. The van der Waals surface area contributed by atoms with Crippen LogP contribution in [0.1, 0.15) is 46.5 Å². The van der Waals surface area contributed by atoms with E-state index < -0.39 is 6.29 Å². The zero-order chi connectivity index (χ0) is 13.1. The van der Waals surface area contributed by atoms with Crippen molar-refractivity contribution in [2.75, 3.05) is 6.61 Å². The summed E-state index contributed by atoms with van der Waals surface area (Å²) in [5.74, 6) is 0.528. The molecule has 1 heterocycles. The number of rotatable bonds is 0. The number of aliphatic hydroxyl groups excluding tert-OH is 1. The van der Waals surface area contributed by atoms with Crippen molar-refractivity contribution in [2.24, 2.45) is 16.7 Å². The molecule has 1 saturated carbocycles. The number of aliphatic hydroxyl groups is 1. The van der Waals surface area contributed by atoms with Crippen LogP contribution in [0, 0.1) is 16.7 Å². The van der Waals surface area contributed by atoms with E-state index in [0.29, 0.717) is 18.9 Å². The average Bonchev–Trinajstić information content (AvgIpc) is 2.66. The molecule has 100 valence electrons. The van der Waals surface area contributed by atoms with Crippen LogP contribution in [0.3, 0.4) is 0 Å². The zero-order valence-corrected chi connectivity index (χ0v) is 11.5. The average molecular weight is 250 g/mol. The van der Waals surface area contributed by atoms with Crippen molar-refractivity contribution < 1.29 is 14.6 Å². The molecule has 1 unspecified atom stereocenters. The van der Waals surface area contributed by atoms with Gasteiger partial charge in [-0.15, -0.1) is 0 Å². The first-order chi connectivity index (χ1) is 8.36. The fourth-order valence-corrected chi connectivity index (χ4v) is 4.58. The zero-order valence-electron chi connectivity index (χ0n) is 11.5. The number of ketones is 1. The Morgan fingerprint density at radius 2 is 2.00 bits per heavy atom. The maximum atomic E-state index is 12.3. The van der Waals surface area contributed by atoms with E-state index in [2.05, 4.69) is 20.8 Å². The lowest BCUT2D eigenvalue weighted by Crippen LogP contribution is -2.48. The fraction of sp³-hybridized carbons (Fsp3) is 0.800. The number of ether oxygens (including phenoxy) is 1. The van der Waals surface area contributed by atoms with Crippen LogP contribution >= 0.6 is 0 Å². The molecular weight excluding hydrogens is 228 g/mol. The molecule has 0 aromatic carbocycles. The van der Waals surface area contributed by atoms with E-state index in [0.717, 1.165) is 24.0 Å². The van der Waals surface area contributed by atoms with Gasteiger partial charge in [-0.1, -0.05) is 27.2 Å². The van der Waals surface area contributed by atoms with Gasteiger partial charge in [-0.3, -0.25) is 4.79 Å². The summed E-state index contributed by atoms with van der Waals surface area (Å²) in [6.07, 6.45) is 3.16. The van der Waals surface area contributed by atoms with Crippen molar-refractivity contribution in [1.82, 2.24) is 0 Å². The van der Waals surface area contributed by atoms with Crippen molar-refractivity contribution in [3.05, 3.63) is 11.1 Å². The molecule has 0 bridgehead atoms. The molecule has 0 radical (unpaired) electrons. The van der Waals surface area contributed by atoms with E-state index in [-0.39, 0.29) is 16.6 Å². The van der Waals surface area contributed by atoms with Gasteiger partial charge in [-0.2, -0.15) is 0 Å². The first-order valence-electron chi connectivity index (χ1n) is 6.93. The molecule has 0 amide bonds. The van der Waals surface area contributed by atoms with Crippen molar-refractivity contribution in [2.45, 2.75) is 52.7 Å². The van der Waals surface area contributed by atoms with E-state index in [1.807, 2.05) is 0 Å². The summed E-state index contributed by atoms with van der Waals surface area (Å²) in [5.41, 5.74) is 1.78. The normalized spacial score (nSPS) is 42.8. The second kappa shape index (κ2) is 3.67. The first-order valence-corrected chi connectivity index (χ1v) is 6.93. The molecule has 1 aliphatic heterocycles. The van der Waals surface area contributed by atoms with Crippen LogP contribution in [0.2, 0.25) is 0 Å². The molecule has 3 atom stereocenters. The molecule has 1 fully saturated rings. The van der Waals surface area contributed by atoms with Gasteiger partial charge in [0, 0.05) is 17.6 Å². The first kappa shape index (κ1) is 12.4. The summed E-state index contributed by atoms with van der Waals surface area (Å²) in [6, 6.07) is 0. The third-order valence-electron chi connectivity index (χ3n) is 5.53. The molecule has 0 spiro atoms. The third kappa shape index (κ3) is 1.47. The third-order valence-corrected chi connectivity index (χ3v) is 5.53. The lowest BCUT2D eigenvalue weighted by molar-refractivity contribution is -0.122. The van der Waals surface area contributed by atoms with E-state index in [1.165, 1.54) is 6.42 Å². The molecular formula is C15H22O3. The number of fused-ring (bicyclic) bond motifs is 2. The van der Waals surface area contributed by atoms with Crippen LogP contribution in [-0.2, 0) is 9.53 Å². The van der Waals surface area contributed by atoms with Crippen LogP contribution in [0.25, 0.3) is 0 Å². The molecule has 1 N–H and O–H groups in total. The minimum Gasteiger partial charge on any atom is -0.364 e. The van der Waals surface area contributed by atoms with Crippen molar-refractivity contribution >= 4 is 5.78 Å². The molecule has 0 aromatic rings. The fourth-order valence-electron chi connectivity index (χ4n) is 4.58. The Hall–Kier alpha value is -0.670. The largest absolute Gasteiger partial charge is 0.364 e. The highest BCUT2D eigenvalue weighted by molar-refractivity contribution is 5.98. The molecule has 18 heavy (non-hydrogen) atoms. The molecule has 3 nitrogen and oxygen atoms in total. The van der Waals surface area contributed by atoms with E-state index in [9.17, 15) is 9.90 Å². The molecule has 0 aromatic heterocycles. The molecule has 3 rings (SSSR count). The maximum absolute atomic E-state index is 12.3. The topological polar surface area (TPSA) is 46.5 Å². The lowest BCUT2D eigenvalue weighted by Gasteiger charge is -2.53. The van der Waals surface area contributed by atoms with Gasteiger partial charge >= 0.3 is 0 Å². The van der Waals surface area contributed by atoms with Crippen molar-refractivity contribution in [3.8, 4) is 0 Å². The van der Waals surface area contributed by atoms with Crippen LogP contribution in [0.15, 0.2) is 11.1 Å². The van der Waals surface area contributed by atoms with Gasteiger partial charge in [0.2, 0.25) is 0 Å². The highest BCUT2D eigenvalue weighted by Gasteiger charge is 2.55. The van der Waals surface area contributed by atoms with Crippen molar-refractivity contribution in [1.29, 1.82) is 0 Å². The van der Waals surface area contributed by atoms with Gasteiger partial charge in [0.05, 0.1) is 6.61 Å². The van der Waals surface area contributed by atoms with Crippen LogP contribution in [-0.4, -0.2) is 23.8 Å². The summed E-state index contributed by atoms with van der Waals surface area (Å²) in [7, 11) is 0. The smallest absolute Gasteiger partial charge is 0.178 e. The monoisotopic (exact) mass is 250 g/mol. The lowest BCUT2D eigenvalue weighted by atomic mass is 9.50. The number of Topliss-reactive ketones (excluding diaryl/α,β-unsaturated/α-hetero) is 1. The van der Waals surface area contributed by atoms with Gasteiger partial charge < -0.3 is 9.84 Å². The number of hydrogen-bond donors (Lipinski definition) is 1. The summed E-state index contributed by atoms with van der Waals surface area (Å²) >= 11 is 0. The summed E-state index contributed by atoms with van der Waals surface area (Å²) < 4.78 is 5.31. The predicted molar refractivity (Wildman–Crippen MR) is 67.8 cm³/mol. The van der Waals surface area contributed by atoms with Gasteiger partial charge in [0.15, 0.2) is 12.1 Å². The molecule has 3 aliphatic rings. The summed E-state index contributed by atoms with van der Waals surface area (Å²) in [4.78, 5) is 12.3. The minimum atomic E-state index is -0.856. The van der Waals surface area contributed by atoms with Crippen LogP contribution < -0.4 is 0 Å². The SMILES string of the molecule is CC1(C)CCC[C@]2(C)C3=C(CO[C@@H]3O)C(=O)CC12. The van der Waals surface area contributed by atoms with E-state index in [4.69, 9.17) is 4.74 Å². The van der Waals surface area contributed by atoms with Gasteiger partial charge in [-0.05, 0) is 29.6 Å². The number of carbonyl (C=O) groups excluding carboxylic acids is 1. The second-order valence-corrected chi connectivity index (χ2v) is 7.00. The second-order valence-electron chi connectivity index (χ2n) is 7.00. The number of carbonyl (C=O) groups is 1. The van der Waals surface area contributed by atoms with Gasteiger partial charge in [0.25, 0.3) is 0 Å². The Kier molecular flexibility index (Phi) is 2.52. The van der Waals surface area contributed by atoms with E-state index >= 15 is 0 Å². The van der Waals surface area contributed by atoms with E-state index in [1.54, 1.807) is 0 Å². The standard InChI is InChI=1S/C15H22O3/c1-14(2)5-4-6-15(3)11(14)7-10(16)9-8-18-13(17)12(9)15/h11,13,17H,4-8H2,1-3H3/t11?,13-,15-/m0/s1. The van der Waals surface area contributed by atoms with Crippen LogP contribution in [0.4, 0.5) is 0 Å². The highest BCUT2D eigenvalue weighted by atomic mass is 16.6. The summed E-state index contributed by atoms with van der Waals surface area (Å²) in [5, 5.41) is 10.1. The Balaban J connectivity index is 2.12. The van der Waals surface area contributed by atoms with Gasteiger partial charge in [0.1, 0.15) is 0 Å². The Morgan fingerprint density at radius 1 is 1.28 bits per heavy atom. The Bertz CT molecular complexity index is 435. The van der Waals surface area contributed by atoms with Crippen LogP contribution in [0.5, 0.6) is 0 Å². The number of hydrogen-bond acceptors (Lipinski definition) is 3. The predicted octanol–water partition coefficient (Wildman–Crippen LogP) is 2.44.